The molecule has 1 amide bonds. The number of carbonyl (C=O) groups excluding carboxylic acids is 1. The Balaban J connectivity index is 0.00000225. The molecule has 2 aliphatic heterocycles. The summed E-state index contributed by atoms with van der Waals surface area (Å²) in [6.45, 7) is 4.03. The van der Waals surface area contributed by atoms with E-state index in [0.29, 0.717) is 31.0 Å². The topological polar surface area (TPSA) is 82.8 Å². The van der Waals surface area contributed by atoms with Gasteiger partial charge in [-0.25, -0.2) is 0 Å². The van der Waals surface area contributed by atoms with E-state index in [4.69, 9.17) is 19.9 Å². The SMILES string of the molecule is Cc1ccc(N)cc1C(=O)NCC1(c2ccc3c(c2)OCO3)CCOCC1.Cl. The van der Waals surface area contributed by atoms with Gasteiger partial charge in [0, 0.05) is 36.4 Å². The highest BCUT2D eigenvalue weighted by Crippen LogP contribution is 2.40. The van der Waals surface area contributed by atoms with Gasteiger partial charge in [-0.15, -0.1) is 12.4 Å². The largest absolute Gasteiger partial charge is 0.454 e. The number of nitrogens with two attached hydrogens (primary N) is 1. The number of fused-ring (bicyclic) bond motifs is 1. The normalized spacial score (nSPS) is 16.9. The summed E-state index contributed by atoms with van der Waals surface area (Å²) in [5.74, 6) is 1.42. The van der Waals surface area contributed by atoms with E-state index in [-0.39, 0.29) is 30.5 Å². The number of hydrogen-bond donors (Lipinski definition) is 2. The number of carbonyl (C=O) groups is 1. The Bertz CT molecular complexity index is 865. The molecule has 1 saturated heterocycles. The number of hydrogen-bond acceptors (Lipinski definition) is 5. The number of aryl methyl sites for hydroxylation is 1. The van der Waals surface area contributed by atoms with Crippen molar-refractivity contribution in [3.05, 3.63) is 53.1 Å². The van der Waals surface area contributed by atoms with Gasteiger partial charge in [-0.1, -0.05) is 12.1 Å². The van der Waals surface area contributed by atoms with Crippen molar-refractivity contribution < 1.29 is 19.0 Å². The standard InChI is InChI=1S/C21H24N2O4.ClH/c1-14-2-4-16(22)11-17(14)20(24)23-12-21(6-8-25-9-7-21)15-3-5-18-19(10-15)27-13-26-18;/h2-5,10-11H,6-9,12-13,22H2,1H3,(H,23,24);1H. The van der Waals surface area contributed by atoms with Crippen LogP contribution < -0.4 is 20.5 Å². The number of anilines is 1. The van der Waals surface area contributed by atoms with Crippen LogP contribution in [0.4, 0.5) is 5.69 Å². The molecule has 4 rings (SSSR count). The Labute approximate surface area is 170 Å². The molecule has 2 heterocycles. The highest BCUT2D eigenvalue weighted by Gasteiger charge is 2.36. The minimum absolute atomic E-state index is 0. The fourth-order valence-corrected chi connectivity index (χ4v) is 3.79. The third kappa shape index (κ3) is 3.88. The second-order valence-electron chi connectivity index (χ2n) is 7.22. The van der Waals surface area contributed by atoms with Gasteiger partial charge in [0.1, 0.15) is 0 Å². The first-order valence-corrected chi connectivity index (χ1v) is 9.20. The van der Waals surface area contributed by atoms with E-state index in [9.17, 15) is 4.79 Å². The fraction of sp³-hybridized carbons (Fsp3) is 0.381. The van der Waals surface area contributed by atoms with Crippen LogP contribution in [0, 0.1) is 6.92 Å². The Kier molecular flexibility index (Phi) is 6.01. The van der Waals surface area contributed by atoms with Gasteiger partial charge >= 0.3 is 0 Å². The van der Waals surface area contributed by atoms with Crippen molar-refractivity contribution in [1.29, 1.82) is 0 Å². The molecule has 0 saturated carbocycles. The molecule has 28 heavy (non-hydrogen) atoms. The van der Waals surface area contributed by atoms with Gasteiger partial charge < -0.3 is 25.3 Å². The number of amides is 1. The van der Waals surface area contributed by atoms with Crippen molar-refractivity contribution in [2.24, 2.45) is 0 Å². The lowest BCUT2D eigenvalue weighted by molar-refractivity contribution is 0.0486. The number of ether oxygens (including phenoxy) is 3. The Hall–Kier alpha value is -2.44. The molecule has 2 aromatic rings. The van der Waals surface area contributed by atoms with E-state index in [0.717, 1.165) is 35.5 Å². The lowest BCUT2D eigenvalue weighted by Gasteiger charge is -2.38. The van der Waals surface area contributed by atoms with Crippen molar-refractivity contribution in [2.45, 2.75) is 25.2 Å². The third-order valence-corrected chi connectivity index (χ3v) is 5.53. The van der Waals surface area contributed by atoms with Crippen molar-refractivity contribution in [1.82, 2.24) is 5.32 Å². The molecule has 0 aromatic heterocycles. The maximum Gasteiger partial charge on any atom is 0.251 e. The quantitative estimate of drug-likeness (QED) is 0.764. The minimum atomic E-state index is -0.191. The lowest BCUT2D eigenvalue weighted by atomic mass is 9.74. The molecule has 1 fully saturated rings. The second kappa shape index (κ2) is 8.29. The molecule has 0 aliphatic carbocycles. The molecule has 0 atom stereocenters. The number of benzene rings is 2. The zero-order chi connectivity index (χ0) is 18.9. The molecular formula is C21H25ClN2O4. The van der Waals surface area contributed by atoms with Gasteiger partial charge in [0.05, 0.1) is 0 Å². The number of nitrogen functional groups attached to an aromatic ring is 1. The minimum Gasteiger partial charge on any atom is -0.454 e. The molecular weight excluding hydrogens is 380 g/mol. The zero-order valence-corrected chi connectivity index (χ0v) is 16.6. The molecule has 2 aromatic carbocycles. The molecule has 0 unspecified atom stereocenters. The van der Waals surface area contributed by atoms with Gasteiger partial charge in [-0.05, 0) is 55.2 Å². The molecule has 7 heteroatoms. The first-order valence-electron chi connectivity index (χ1n) is 9.20. The van der Waals surface area contributed by atoms with Crippen LogP contribution in [0.3, 0.4) is 0 Å². The fourth-order valence-electron chi connectivity index (χ4n) is 3.79. The lowest BCUT2D eigenvalue weighted by Crippen LogP contribution is -2.44. The summed E-state index contributed by atoms with van der Waals surface area (Å²) in [6.07, 6.45) is 1.67. The molecule has 3 N–H and O–H groups in total. The summed E-state index contributed by atoms with van der Waals surface area (Å²) in [7, 11) is 0. The van der Waals surface area contributed by atoms with Crippen LogP contribution in [0.25, 0.3) is 0 Å². The summed E-state index contributed by atoms with van der Waals surface area (Å²) in [5.41, 5.74) is 8.91. The monoisotopic (exact) mass is 404 g/mol. The van der Waals surface area contributed by atoms with E-state index < -0.39 is 0 Å². The summed E-state index contributed by atoms with van der Waals surface area (Å²) in [4.78, 5) is 12.8. The maximum atomic E-state index is 12.8. The third-order valence-electron chi connectivity index (χ3n) is 5.53. The van der Waals surface area contributed by atoms with Crippen molar-refractivity contribution in [3.8, 4) is 11.5 Å². The van der Waals surface area contributed by atoms with Crippen LogP contribution in [-0.4, -0.2) is 32.5 Å². The highest BCUT2D eigenvalue weighted by molar-refractivity contribution is 5.96. The Morgan fingerprint density at radius 2 is 1.86 bits per heavy atom. The predicted molar refractivity (Wildman–Crippen MR) is 109 cm³/mol. The second-order valence-corrected chi connectivity index (χ2v) is 7.22. The first kappa shape index (κ1) is 20.3. The Morgan fingerprint density at radius 1 is 1.11 bits per heavy atom. The smallest absolute Gasteiger partial charge is 0.251 e. The van der Waals surface area contributed by atoms with Crippen LogP contribution in [0.5, 0.6) is 11.5 Å². The average molecular weight is 405 g/mol. The van der Waals surface area contributed by atoms with Crippen LogP contribution in [0.2, 0.25) is 0 Å². The van der Waals surface area contributed by atoms with Crippen LogP contribution in [0.1, 0.15) is 34.3 Å². The molecule has 0 bridgehead atoms. The highest BCUT2D eigenvalue weighted by atomic mass is 35.5. The van der Waals surface area contributed by atoms with Crippen LogP contribution in [-0.2, 0) is 10.2 Å². The summed E-state index contributed by atoms with van der Waals surface area (Å²) in [5, 5.41) is 3.12. The van der Waals surface area contributed by atoms with Crippen LogP contribution in [0.15, 0.2) is 36.4 Å². The summed E-state index contributed by atoms with van der Waals surface area (Å²) < 4.78 is 16.5. The van der Waals surface area contributed by atoms with Crippen LogP contribution >= 0.6 is 12.4 Å². The van der Waals surface area contributed by atoms with E-state index in [1.165, 1.54) is 0 Å². The molecule has 150 valence electrons. The van der Waals surface area contributed by atoms with E-state index in [1.54, 1.807) is 12.1 Å². The number of rotatable bonds is 4. The van der Waals surface area contributed by atoms with Gasteiger partial charge in [0.15, 0.2) is 11.5 Å². The Morgan fingerprint density at radius 3 is 2.64 bits per heavy atom. The van der Waals surface area contributed by atoms with Gasteiger partial charge in [-0.2, -0.15) is 0 Å². The van der Waals surface area contributed by atoms with Crippen molar-refractivity contribution in [3.63, 3.8) is 0 Å². The van der Waals surface area contributed by atoms with Gasteiger partial charge in [0.2, 0.25) is 6.79 Å². The van der Waals surface area contributed by atoms with Gasteiger partial charge in [0.25, 0.3) is 5.91 Å². The van der Waals surface area contributed by atoms with E-state index >= 15 is 0 Å². The molecule has 0 spiro atoms. The van der Waals surface area contributed by atoms with E-state index in [2.05, 4.69) is 11.4 Å². The van der Waals surface area contributed by atoms with Crippen molar-refractivity contribution in [2.75, 3.05) is 32.3 Å². The van der Waals surface area contributed by atoms with E-state index in [1.807, 2.05) is 25.1 Å². The van der Waals surface area contributed by atoms with Gasteiger partial charge in [-0.3, -0.25) is 4.79 Å². The zero-order valence-electron chi connectivity index (χ0n) is 15.8. The number of nitrogens with one attached hydrogen (secondary N) is 1. The molecule has 6 nitrogen and oxygen atoms in total. The molecule has 2 aliphatic rings. The maximum absolute atomic E-state index is 12.8. The average Bonchev–Trinajstić information content (AvgIpc) is 3.16. The van der Waals surface area contributed by atoms with Crippen molar-refractivity contribution >= 4 is 24.0 Å². The summed E-state index contributed by atoms with van der Waals surface area (Å²) in [6, 6.07) is 11.4. The molecule has 0 radical (unpaired) electrons. The number of halogens is 1. The predicted octanol–water partition coefficient (Wildman–Crippen LogP) is 3.21. The summed E-state index contributed by atoms with van der Waals surface area (Å²) >= 11 is 0. The first-order chi connectivity index (χ1) is 13.1.